The van der Waals surface area contributed by atoms with E-state index in [-0.39, 0.29) is 24.3 Å². The van der Waals surface area contributed by atoms with Crippen molar-refractivity contribution in [2.24, 2.45) is 11.7 Å². The number of carboxylic acids is 1. The average molecular weight is 216 g/mol. The van der Waals surface area contributed by atoms with Crippen LogP contribution in [0.4, 0.5) is 0 Å². The minimum absolute atomic E-state index is 0.0434. The minimum atomic E-state index is -1.00. The lowest BCUT2D eigenvalue weighted by Crippen LogP contribution is -2.44. The smallest absolute Gasteiger partial charge is 0.326 e. The van der Waals surface area contributed by atoms with Gasteiger partial charge in [0.2, 0.25) is 5.91 Å². The summed E-state index contributed by atoms with van der Waals surface area (Å²) in [7, 11) is 0. The van der Waals surface area contributed by atoms with Crippen LogP contribution in [0, 0.1) is 5.92 Å². The summed E-state index contributed by atoms with van der Waals surface area (Å²) >= 11 is 0. The quantitative estimate of drug-likeness (QED) is 0.597. The SMILES string of the molecule is CC(N)CCC(=O)N[C@@H](C(=O)O)C(C)C. The molecule has 0 saturated heterocycles. The molecule has 0 heterocycles. The molecule has 1 amide bonds. The molecule has 1 unspecified atom stereocenters. The Morgan fingerprint density at radius 3 is 2.20 bits per heavy atom. The Balaban J connectivity index is 4.07. The van der Waals surface area contributed by atoms with Gasteiger partial charge in [0, 0.05) is 12.5 Å². The van der Waals surface area contributed by atoms with Gasteiger partial charge in [0.15, 0.2) is 0 Å². The molecule has 15 heavy (non-hydrogen) atoms. The molecule has 0 aromatic rings. The van der Waals surface area contributed by atoms with Crippen LogP contribution in [0.1, 0.15) is 33.6 Å². The fourth-order valence-corrected chi connectivity index (χ4v) is 1.12. The van der Waals surface area contributed by atoms with Gasteiger partial charge in [-0.25, -0.2) is 4.79 Å². The molecule has 4 N–H and O–H groups in total. The largest absolute Gasteiger partial charge is 0.480 e. The summed E-state index contributed by atoms with van der Waals surface area (Å²) < 4.78 is 0. The zero-order valence-corrected chi connectivity index (χ0v) is 9.49. The molecule has 5 heteroatoms. The van der Waals surface area contributed by atoms with Gasteiger partial charge in [0.1, 0.15) is 6.04 Å². The monoisotopic (exact) mass is 216 g/mol. The summed E-state index contributed by atoms with van der Waals surface area (Å²) in [6, 6.07) is -0.858. The highest BCUT2D eigenvalue weighted by atomic mass is 16.4. The van der Waals surface area contributed by atoms with E-state index < -0.39 is 12.0 Å². The number of nitrogens with two attached hydrogens (primary N) is 1. The summed E-state index contributed by atoms with van der Waals surface area (Å²) in [5.74, 6) is -1.38. The number of carboxylic acid groups (broad SMARTS) is 1. The van der Waals surface area contributed by atoms with E-state index in [1.807, 2.05) is 6.92 Å². The fraction of sp³-hybridized carbons (Fsp3) is 0.800. The Morgan fingerprint density at radius 1 is 1.33 bits per heavy atom. The highest BCUT2D eigenvalue weighted by molar-refractivity contribution is 5.83. The first kappa shape index (κ1) is 13.9. The van der Waals surface area contributed by atoms with Gasteiger partial charge >= 0.3 is 5.97 Å². The van der Waals surface area contributed by atoms with Gasteiger partial charge < -0.3 is 16.2 Å². The van der Waals surface area contributed by atoms with Gasteiger partial charge in [-0.2, -0.15) is 0 Å². The van der Waals surface area contributed by atoms with E-state index in [1.54, 1.807) is 13.8 Å². The van der Waals surface area contributed by atoms with Gasteiger partial charge in [-0.15, -0.1) is 0 Å². The lowest BCUT2D eigenvalue weighted by molar-refractivity contribution is -0.143. The topological polar surface area (TPSA) is 92.4 Å². The lowest BCUT2D eigenvalue weighted by atomic mass is 10.0. The van der Waals surface area contributed by atoms with Crippen LogP contribution in [0.2, 0.25) is 0 Å². The highest BCUT2D eigenvalue weighted by Crippen LogP contribution is 2.03. The molecule has 0 aliphatic rings. The van der Waals surface area contributed by atoms with E-state index in [0.717, 1.165) is 0 Å². The molecule has 0 rings (SSSR count). The van der Waals surface area contributed by atoms with Crippen LogP contribution in [0.5, 0.6) is 0 Å². The standard InChI is InChI=1S/C10H20N2O3/c1-6(2)9(10(14)15)12-8(13)5-4-7(3)11/h6-7,9H,4-5,11H2,1-3H3,(H,12,13)(H,14,15)/t7?,9-/m1/s1. The third-order valence-electron chi connectivity index (χ3n) is 2.08. The van der Waals surface area contributed by atoms with E-state index in [0.29, 0.717) is 6.42 Å². The second-order valence-electron chi connectivity index (χ2n) is 4.14. The summed E-state index contributed by atoms with van der Waals surface area (Å²) in [6.07, 6.45) is 0.838. The maximum Gasteiger partial charge on any atom is 0.326 e. The molecular weight excluding hydrogens is 196 g/mol. The van der Waals surface area contributed by atoms with Gasteiger partial charge in [0.05, 0.1) is 0 Å². The van der Waals surface area contributed by atoms with E-state index in [9.17, 15) is 9.59 Å². The van der Waals surface area contributed by atoms with Crippen LogP contribution >= 0.6 is 0 Å². The van der Waals surface area contributed by atoms with E-state index in [1.165, 1.54) is 0 Å². The van der Waals surface area contributed by atoms with Gasteiger partial charge in [-0.05, 0) is 19.3 Å². The minimum Gasteiger partial charge on any atom is -0.480 e. The van der Waals surface area contributed by atoms with Crippen molar-refractivity contribution in [3.8, 4) is 0 Å². The van der Waals surface area contributed by atoms with Crippen LogP contribution in [0.3, 0.4) is 0 Å². The predicted octanol–water partition coefficient (Wildman–Crippen LogP) is 0.339. The number of hydrogen-bond donors (Lipinski definition) is 3. The third-order valence-corrected chi connectivity index (χ3v) is 2.08. The highest BCUT2D eigenvalue weighted by Gasteiger charge is 2.22. The molecule has 5 nitrogen and oxygen atoms in total. The molecule has 0 saturated carbocycles. The Labute approximate surface area is 90.0 Å². The third kappa shape index (κ3) is 6.06. The first-order chi connectivity index (χ1) is 6.84. The van der Waals surface area contributed by atoms with Gasteiger partial charge in [0.25, 0.3) is 0 Å². The lowest BCUT2D eigenvalue weighted by Gasteiger charge is -2.18. The number of nitrogens with one attached hydrogen (secondary N) is 1. The molecule has 0 bridgehead atoms. The maximum atomic E-state index is 11.3. The van der Waals surface area contributed by atoms with E-state index in [2.05, 4.69) is 5.32 Å². The van der Waals surface area contributed by atoms with Crippen molar-refractivity contribution in [1.82, 2.24) is 5.32 Å². The second-order valence-corrected chi connectivity index (χ2v) is 4.14. The molecule has 0 spiro atoms. The van der Waals surface area contributed by atoms with Crippen molar-refractivity contribution in [1.29, 1.82) is 0 Å². The number of aliphatic carboxylic acids is 1. The number of carbonyl (C=O) groups is 2. The van der Waals surface area contributed by atoms with Crippen molar-refractivity contribution in [3.63, 3.8) is 0 Å². The summed E-state index contributed by atoms with van der Waals surface area (Å²) in [4.78, 5) is 22.1. The van der Waals surface area contributed by atoms with Gasteiger partial charge in [-0.1, -0.05) is 13.8 Å². The predicted molar refractivity (Wildman–Crippen MR) is 57.3 cm³/mol. The van der Waals surface area contributed by atoms with Crippen LogP contribution in [-0.4, -0.2) is 29.1 Å². The Kier molecular flexibility index (Phi) is 5.93. The summed E-state index contributed by atoms with van der Waals surface area (Å²) in [5, 5.41) is 11.3. The molecule has 0 aliphatic heterocycles. The molecular formula is C10H20N2O3. The fourth-order valence-electron chi connectivity index (χ4n) is 1.12. The number of amides is 1. The average Bonchev–Trinajstić information content (AvgIpc) is 2.09. The summed E-state index contributed by atoms with van der Waals surface area (Å²) in [6.45, 7) is 5.32. The van der Waals surface area contributed by atoms with Crippen LogP contribution in [0.15, 0.2) is 0 Å². The normalized spacial score (nSPS) is 14.7. The first-order valence-corrected chi connectivity index (χ1v) is 5.12. The number of hydrogen-bond acceptors (Lipinski definition) is 3. The Bertz CT molecular complexity index is 227. The molecule has 0 fully saturated rings. The van der Waals surface area contributed by atoms with Crippen LogP contribution < -0.4 is 11.1 Å². The zero-order chi connectivity index (χ0) is 12.0. The van der Waals surface area contributed by atoms with Gasteiger partial charge in [-0.3, -0.25) is 4.79 Å². The second kappa shape index (κ2) is 6.40. The molecule has 0 radical (unpaired) electrons. The Morgan fingerprint density at radius 2 is 1.87 bits per heavy atom. The van der Waals surface area contributed by atoms with Crippen molar-refractivity contribution in [3.05, 3.63) is 0 Å². The molecule has 0 aromatic heterocycles. The molecule has 0 aromatic carbocycles. The van der Waals surface area contributed by atoms with Crippen molar-refractivity contribution < 1.29 is 14.7 Å². The number of rotatable bonds is 6. The van der Waals surface area contributed by atoms with Crippen molar-refractivity contribution in [2.45, 2.75) is 45.7 Å². The zero-order valence-electron chi connectivity index (χ0n) is 9.49. The molecule has 88 valence electrons. The molecule has 0 aliphatic carbocycles. The van der Waals surface area contributed by atoms with E-state index >= 15 is 0 Å². The summed E-state index contributed by atoms with van der Waals surface area (Å²) in [5.41, 5.74) is 5.49. The number of carbonyl (C=O) groups excluding carboxylic acids is 1. The maximum absolute atomic E-state index is 11.3. The van der Waals surface area contributed by atoms with Crippen molar-refractivity contribution in [2.75, 3.05) is 0 Å². The van der Waals surface area contributed by atoms with Crippen LogP contribution in [0.25, 0.3) is 0 Å². The first-order valence-electron chi connectivity index (χ1n) is 5.12. The van der Waals surface area contributed by atoms with Crippen LogP contribution in [-0.2, 0) is 9.59 Å². The Hall–Kier alpha value is -1.10. The molecule has 2 atom stereocenters. The van der Waals surface area contributed by atoms with E-state index in [4.69, 9.17) is 10.8 Å². The van der Waals surface area contributed by atoms with Crippen molar-refractivity contribution >= 4 is 11.9 Å².